The van der Waals surface area contributed by atoms with Gasteiger partial charge in [0.25, 0.3) is 0 Å². The van der Waals surface area contributed by atoms with E-state index in [0.717, 1.165) is 55.9 Å². The summed E-state index contributed by atoms with van der Waals surface area (Å²) >= 11 is 6.39. The minimum Gasteiger partial charge on any atom is -0.457 e. The van der Waals surface area contributed by atoms with Gasteiger partial charge < -0.3 is 4.74 Å². The van der Waals surface area contributed by atoms with Gasteiger partial charge in [-0.25, -0.2) is 4.98 Å². The van der Waals surface area contributed by atoms with E-state index in [4.69, 9.17) is 25.4 Å². The van der Waals surface area contributed by atoms with Gasteiger partial charge in [-0.3, -0.25) is 9.55 Å². The molecule has 8 aromatic rings. The molecule has 0 amide bonds. The summed E-state index contributed by atoms with van der Waals surface area (Å²) in [5, 5.41) is 0.662. The highest BCUT2D eigenvalue weighted by Gasteiger charge is 2.24. The van der Waals surface area contributed by atoms with Crippen molar-refractivity contribution in [3.63, 3.8) is 0 Å². The van der Waals surface area contributed by atoms with Gasteiger partial charge in [-0.05, 0) is 125 Å². The highest BCUT2D eigenvalue weighted by Crippen LogP contribution is 2.42. The van der Waals surface area contributed by atoms with Crippen LogP contribution in [-0.4, -0.2) is 14.5 Å². The molecule has 0 spiro atoms. The first-order chi connectivity index (χ1) is 27.9. The Morgan fingerprint density at radius 2 is 1.33 bits per heavy atom. The standard InChI is InChI=1S/C50H44ClN3O/c1-31(2)41-18-13-19-42(32(3)4)49(41)54-47-21-11-10-20-45(47)53-50(54)38-27-44(36-22-24-39(51)25-23-36)34(6)48(28-38)55-40-17-12-16-37(26-40)46-29-43(33(5)30-52-46)35-14-8-7-9-15-35/h7-32H,1-6H3/i5D3. The lowest BCUT2D eigenvalue weighted by molar-refractivity contribution is 0.479. The third kappa shape index (κ3) is 7.06. The Bertz CT molecular complexity index is 2750. The van der Waals surface area contributed by atoms with Crippen molar-refractivity contribution < 1.29 is 8.85 Å². The molecular formula is C50H44ClN3O. The van der Waals surface area contributed by atoms with Crippen molar-refractivity contribution in [1.29, 1.82) is 0 Å². The molecule has 6 aromatic carbocycles. The van der Waals surface area contributed by atoms with E-state index in [1.807, 2.05) is 91.0 Å². The van der Waals surface area contributed by atoms with Crippen molar-refractivity contribution in [1.82, 2.24) is 14.5 Å². The number of aryl methyl sites for hydroxylation is 1. The minimum atomic E-state index is -2.32. The largest absolute Gasteiger partial charge is 0.457 e. The number of imidazole rings is 1. The molecule has 5 heteroatoms. The van der Waals surface area contributed by atoms with Crippen LogP contribution in [0.4, 0.5) is 0 Å². The fraction of sp³-hybridized carbons (Fsp3) is 0.160. The van der Waals surface area contributed by atoms with Crippen LogP contribution in [0.3, 0.4) is 0 Å². The van der Waals surface area contributed by atoms with Gasteiger partial charge in [0.15, 0.2) is 0 Å². The molecule has 0 aliphatic rings. The zero-order chi connectivity index (χ0) is 40.7. The molecule has 0 saturated carbocycles. The highest BCUT2D eigenvalue weighted by molar-refractivity contribution is 6.30. The van der Waals surface area contributed by atoms with Crippen LogP contribution < -0.4 is 4.74 Å². The first kappa shape index (κ1) is 32.5. The van der Waals surface area contributed by atoms with Crippen molar-refractivity contribution >= 4 is 22.6 Å². The van der Waals surface area contributed by atoms with Gasteiger partial charge in [0.2, 0.25) is 0 Å². The molecule has 0 aliphatic heterocycles. The molecule has 0 aliphatic carbocycles. The quantitative estimate of drug-likeness (QED) is 0.148. The summed E-state index contributed by atoms with van der Waals surface area (Å²) < 4.78 is 33.8. The molecule has 8 rings (SSSR count). The Balaban J connectivity index is 1.30. The zero-order valence-corrected chi connectivity index (χ0v) is 32.4. The summed E-state index contributed by atoms with van der Waals surface area (Å²) in [6.45, 7) is 8.72. The van der Waals surface area contributed by atoms with Crippen LogP contribution in [0.1, 0.15) is 65.9 Å². The SMILES string of the molecule is [2H]C([2H])([2H])c1cnc(-c2cccc(Oc3cc(-c4nc5ccccc5n4-c4c(C(C)C)cccc4C(C)C)cc(-c4ccc(Cl)cc4)c3C)c2)cc1-c1ccccc1. The van der Waals surface area contributed by atoms with Gasteiger partial charge >= 0.3 is 0 Å². The molecule has 0 N–H and O–H groups in total. The number of halogens is 1. The summed E-state index contributed by atoms with van der Waals surface area (Å²) in [7, 11) is 0. The second-order valence-corrected chi connectivity index (χ2v) is 15.1. The number of para-hydroxylation sites is 3. The number of hydrogen-bond acceptors (Lipinski definition) is 3. The van der Waals surface area contributed by atoms with E-state index in [-0.39, 0.29) is 17.4 Å². The average Bonchev–Trinajstić information content (AvgIpc) is 3.61. The van der Waals surface area contributed by atoms with Crippen molar-refractivity contribution in [3.05, 3.63) is 173 Å². The molecule has 0 atom stereocenters. The fourth-order valence-corrected chi connectivity index (χ4v) is 7.51. The number of rotatable bonds is 9. The molecule has 55 heavy (non-hydrogen) atoms. The van der Waals surface area contributed by atoms with Crippen LogP contribution in [0.15, 0.2) is 146 Å². The van der Waals surface area contributed by atoms with Gasteiger partial charge in [0, 0.05) is 26.5 Å². The van der Waals surface area contributed by atoms with Crippen molar-refractivity contribution in [2.75, 3.05) is 0 Å². The Morgan fingerprint density at radius 3 is 2.05 bits per heavy atom. The average molecular weight is 741 g/mol. The fourth-order valence-electron chi connectivity index (χ4n) is 7.38. The van der Waals surface area contributed by atoms with Gasteiger partial charge in [0.1, 0.15) is 17.3 Å². The van der Waals surface area contributed by atoms with E-state index in [0.29, 0.717) is 27.8 Å². The van der Waals surface area contributed by atoms with Crippen molar-refractivity contribution in [2.24, 2.45) is 0 Å². The molecule has 2 heterocycles. The summed E-state index contributed by atoms with van der Waals surface area (Å²) in [6, 6.07) is 46.3. The topological polar surface area (TPSA) is 39.9 Å². The monoisotopic (exact) mass is 740 g/mol. The summed E-state index contributed by atoms with van der Waals surface area (Å²) in [5.74, 6) is 2.66. The molecular weight excluding hydrogens is 694 g/mol. The van der Waals surface area contributed by atoms with Crippen LogP contribution >= 0.6 is 11.6 Å². The Morgan fingerprint density at radius 1 is 0.655 bits per heavy atom. The zero-order valence-electron chi connectivity index (χ0n) is 34.6. The number of benzene rings is 6. The Kier molecular flexibility index (Phi) is 8.88. The third-order valence-electron chi connectivity index (χ3n) is 10.2. The Labute approximate surface area is 333 Å². The number of nitrogens with zero attached hydrogens (tertiary/aromatic N) is 3. The molecule has 0 saturated heterocycles. The smallest absolute Gasteiger partial charge is 0.145 e. The van der Waals surface area contributed by atoms with Gasteiger partial charge in [0.05, 0.1) is 22.4 Å². The van der Waals surface area contributed by atoms with Crippen LogP contribution in [0.2, 0.25) is 5.02 Å². The molecule has 4 nitrogen and oxygen atoms in total. The summed E-state index contributed by atoms with van der Waals surface area (Å²) in [4.78, 5) is 9.98. The maximum absolute atomic E-state index is 8.20. The van der Waals surface area contributed by atoms with Crippen LogP contribution in [0, 0.1) is 13.8 Å². The van der Waals surface area contributed by atoms with E-state index in [1.165, 1.54) is 17.3 Å². The molecule has 272 valence electrons. The molecule has 0 radical (unpaired) electrons. The predicted molar refractivity (Wildman–Crippen MR) is 230 cm³/mol. The third-order valence-corrected chi connectivity index (χ3v) is 10.5. The number of fused-ring (bicyclic) bond motifs is 1. The summed E-state index contributed by atoms with van der Waals surface area (Å²) in [5.41, 5.74) is 12.5. The second kappa shape index (κ2) is 15.0. The number of aromatic nitrogens is 3. The number of ether oxygens (including phenoxy) is 1. The van der Waals surface area contributed by atoms with Crippen molar-refractivity contribution in [2.45, 2.75) is 53.3 Å². The normalized spacial score (nSPS) is 12.5. The predicted octanol–water partition coefficient (Wildman–Crippen LogP) is 14.4. The molecule has 0 unspecified atom stereocenters. The first-order valence-corrected chi connectivity index (χ1v) is 19.1. The van der Waals surface area contributed by atoms with Gasteiger partial charge in [-0.15, -0.1) is 0 Å². The molecule has 2 aromatic heterocycles. The minimum absolute atomic E-state index is 0.208. The van der Waals surface area contributed by atoms with E-state index >= 15 is 0 Å². The Hall–Kier alpha value is -5.97. The van der Waals surface area contributed by atoms with Crippen LogP contribution in [0.5, 0.6) is 11.5 Å². The maximum Gasteiger partial charge on any atom is 0.145 e. The van der Waals surface area contributed by atoms with Crippen LogP contribution in [-0.2, 0) is 0 Å². The maximum atomic E-state index is 8.20. The lowest BCUT2D eigenvalue weighted by Crippen LogP contribution is -2.08. The lowest BCUT2D eigenvalue weighted by atomic mass is 9.92. The van der Waals surface area contributed by atoms with E-state index in [1.54, 1.807) is 0 Å². The van der Waals surface area contributed by atoms with Crippen molar-refractivity contribution in [3.8, 4) is 62.1 Å². The highest BCUT2D eigenvalue weighted by atomic mass is 35.5. The number of pyridine rings is 1. The van der Waals surface area contributed by atoms with Gasteiger partial charge in [-0.2, -0.15) is 0 Å². The van der Waals surface area contributed by atoms with Crippen LogP contribution in [0.25, 0.3) is 61.6 Å². The van der Waals surface area contributed by atoms with Gasteiger partial charge in [-0.1, -0.05) is 124 Å². The molecule has 0 fully saturated rings. The van der Waals surface area contributed by atoms with E-state index < -0.39 is 6.85 Å². The lowest BCUT2D eigenvalue weighted by Gasteiger charge is -2.23. The second-order valence-electron chi connectivity index (χ2n) is 14.6. The first-order valence-electron chi connectivity index (χ1n) is 20.2. The molecule has 0 bridgehead atoms. The van der Waals surface area contributed by atoms with E-state index in [2.05, 4.69) is 92.7 Å². The number of hydrogen-bond donors (Lipinski definition) is 0. The summed E-state index contributed by atoms with van der Waals surface area (Å²) in [6.07, 6.45) is 1.47. The van der Waals surface area contributed by atoms with E-state index in [9.17, 15) is 0 Å².